The van der Waals surface area contributed by atoms with E-state index in [-0.39, 0.29) is 35.0 Å². The fourth-order valence-corrected chi connectivity index (χ4v) is 3.19. The van der Waals surface area contributed by atoms with Crippen LogP contribution in [0.15, 0.2) is 58.4 Å². The average molecular weight is 553 g/mol. The van der Waals surface area contributed by atoms with Crippen molar-refractivity contribution in [2.45, 2.75) is 24.5 Å². The van der Waals surface area contributed by atoms with Gasteiger partial charge >= 0.3 is 0 Å². The second kappa shape index (κ2) is 12.2. The summed E-state index contributed by atoms with van der Waals surface area (Å²) in [5, 5.41) is 7.05. The normalized spacial score (nSPS) is 12.6. The zero-order valence-corrected chi connectivity index (χ0v) is 20.4. The number of sulfonamides is 1. The molecule has 0 aliphatic heterocycles. The van der Waals surface area contributed by atoms with Crippen LogP contribution in [-0.4, -0.2) is 41.1 Å². The van der Waals surface area contributed by atoms with Gasteiger partial charge in [0.05, 0.1) is 11.4 Å². The molecule has 0 saturated heterocycles. The number of halogens is 2. The first-order chi connectivity index (χ1) is 13.3. The maximum atomic E-state index is 11.7. The molecule has 0 spiro atoms. The molecule has 3 N–H and O–H groups in total. The Morgan fingerprint density at radius 1 is 1.10 bits per heavy atom. The molecule has 10 heteroatoms. The van der Waals surface area contributed by atoms with Gasteiger partial charge in [0.1, 0.15) is 11.9 Å². The predicted molar refractivity (Wildman–Crippen MR) is 128 cm³/mol. The van der Waals surface area contributed by atoms with Gasteiger partial charge in [-0.25, -0.2) is 13.1 Å². The average Bonchev–Trinajstić information content (AvgIpc) is 2.70. The highest BCUT2D eigenvalue weighted by Crippen LogP contribution is 2.16. The number of hydrogen-bond acceptors (Lipinski definition) is 4. The van der Waals surface area contributed by atoms with Gasteiger partial charge in [0.25, 0.3) is 0 Å². The molecule has 7 nitrogen and oxygen atoms in total. The molecule has 1 atom stereocenters. The number of rotatable bonds is 8. The summed E-state index contributed by atoms with van der Waals surface area (Å²) in [6.45, 7) is 3.02. The molecular formula is C19H26ClIN4O3S. The van der Waals surface area contributed by atoms with E-state index >= 15 is 0 Å². The molecule has 29 heavy (non-hydrogen) atoms. The van der Waals surface area contributed by atoms with Crippen LogP contribution in [0, 0.1) is 0 Å². The number of hydrogen-bond donors (Lipinski definition) is 3. The summed E-state index contributed by atoms with van der Waals surface area (Å²) in [5.74, 6) is 1.37. The third-order valence-corrected chi connectivity index (χ3v) is 5.58. The Kier molecular flexibility index (Phi) is 10.7. The molecule has 2 aromatic rings. The summed E-state index contributed by atoms with van der Waals surface area (Å²) in [4.78, 5) is 4.41. The molecule has 2 rings (SSSR count). The van der Waals surface area contributed by atoms with Crippen molar-refractivity contribution in [1.82, 2.24) is 15.4 Å². The van der Waals surface area contributed by atoms with E-state index in [0.717, 1.165) is 11.3 Å². The zero-order chi connectivity index (χ0) is 20.6. The minimum Gasteiger partial charge on any atom is -0.489 e. The van der Waals surface area contributed by atoms with Crippen LogP contribution in [0.5, 0.6) is 5.75 Å². The number of nitrogens with one attached hydrogen (secondary N) is 3. The van der Waals surface area contributed by atoms with E-state index in [4.69, 9.17) is 16.3 Å². The van der Waals surface area contributed by atoms with E-state index < -0.39 is 10.0 Å². The Labute approximate surface area is 194 Å². The molecule has 0 radical (unpaired) electrons. The van der Waals surface area contributed by atoms with E-state index in [1.807, 2.05) is 19.1 Å². The number of nitrogens with zero attached hydrogens (tertiary/aromatic N) is 1. The Bertz CT molecular complexity index is 891. The molecule has 0 saturated carbocycles. The first kappa shape index (κ1) is 25.5. The molecule has 0 bridgehead atoms. The van der Waals surface area contributed by atoms with Crippen molar-refractivity contribution in [3.05, 3.63) is 59.1 Å². The minimum absolute atomic E-state index is 0. The lowest BCUT2D eigenvalue weighted by Crippen LogP contribution is -2.41. The molecule has 2 aromatic carbocycles. The second-order valence-electron chi connectivity index (χ2n) is 6.04. The summed E-state index contributed by atoms with van der Waals surface area (Å²) in [6, 6.07) is 13.9. The summed E-state index contributed by atoms with van der Waals surface area (Å²) >= 11 is 5.87. The third-order valence-electron chi connectivity index (χ3n) is 3.89. The molecule has 0 heterocycles. The van der Waals surface area contributed by atoms with Crippen molar-refractivity contribution >= 4 is 51.6 Å². The van der Waals surface area contributed by atoms with E-state index in [0.29, 0.717) is 24.1 Å². The maximum Gasteiger partial charge on any atom is 0.240 e. The smallest absolute Gasteiger partial charge is 0.240 e. The Morgan fingerprint density at radius 2 is 1.72 bits per heavy atom. The van der Waals surface area contributed by atoms with E-state index in [9.17, 15) is 8.42 Å². The summed E-state index contributed by atoms with van der Waals surface area (Å²) in [7, 11) is -0.355. The van der Waals surface area contributed by atoms with Gasteiger partial charge in [-0.05, 0) is 55.9 Å². The Hall–Kier alpha value is -1.56. The standard InChI is InChI=1S/C19H25ClN4O3S.HI/c1-14(27-17-8-6-16(20)7-9-17)12-23-19(21-2)24-13-15-4-10-18(11-5-15)28(25,26)22-3;/h4-11,14,22H,12-13H2,1-3H3,(H2,21,23,24);1H. The Morgan fingerprint density at radius 3 is 2.28 bits per heavy atom. The van der Waals surface area contributed by atoms with Crippen LogP contribution in [0.1, 0.15) is 12.5 Å². The molecule has 0 amide bonds. The van der Waals surface area contributed by atoms with Gasteiger partial charge in [-0.3, -0.25) is 4.99 Å². The second-order valence-corrected chi connectivity index (χ2v) is 8.36. The number of guanidine groups is 1. The molecule has 0 fully saturated rings. The van der Waals surface area contributed by atoms with Crippen LogP contribution < -0.4 is 20.1 Å². The van der Waals surface area contributed by atoms with Crippen molar-refractivity contribution in [3.8, 4) is 5.75 Å². The monoisotopic (exact) mass is 552 g/mol. The first-order valence-corrected chi connectivity index (χ1v) is 10.6. The number of benzene rings is 2. The zero-order valence-electron chi connectivity index (χ0n) is 16.5. The van der Waals surface area contributed by atoms with Crippen LogP contribution >= 0.6 is 35.6 Å². The predicted octanol–water partition coefficient (Wildman–Crippen LogP) is 3.00. The third kappa shape index (κ3) is 8.37. The van der Waals surface area contributed by atoms with Crippen molar-refractivity contribution in [3.63, 3.8) is 0 Å². The highest BCUT2D eigenvalue weighted by atomic mass is 127. The van der Waals surface area contributed by atoms with Gasteiger partial charge in [-0.2, -0.15) is 0 Å². The molecule has 160 valence electrons. The molecular weight excluding hydrogens is 527 g/mol. The van der Waals surface area contributed by atoms with Gasteiger partial charge < -0.3 is 15.4 Å². The highest BCUT2D eigenvalue weighted by Gasteiger charge is 2.10. The van der Waals surface area contributed by atoms with Gasteiger partial charge in [0.15, 0.2) is 5.96 Å². The summed E-state index contributed by atoms with van der Waals surface area (Å²) in [5.41, 5.74) is 0.934. The Balaban J connectivity index is 0.00000420. The van der Waals surface area contributed by atoms with Crippen LogP contribution in [0.4, 0.5) is 0 Å². The van der Waals surface area contributed by atoms with Crippen LogP contribution in [0.2, 0.25) is 5.02 Å². The van der Waals surface area contributed by atoms with Crippen LogP contribution in [0.25, 0.3) is 0 Å². The van der Waals surface area contributed by atoms with Crippen molar-refractivity contribution in [2.75, 3.05) is 20.6 Å². The van der Waals surface area contributed by atoms with E-state index in [2.05, 4.69) is 20.3 Å². The maximum absolute atomic E-state index is 11.7. The van der Waals surface area contributed by atoms with Gasteiger partial charge in [-0.15, -0.1) is 24.0 Å². The highest BCUT2D eigenvalue weighted by molar-refractivity contribution is 14.0. The number of ether oxygens (including phenoxy) is 1. The van der Waals surface area contributed by atoms with Crippen LogP contribution in [0.3, 0.4) is 0 Å². The lowest BCUT2D eigenvalue weighted by atomic mass is 10.2. The van der Waals surface area contributed by atoms with Crippen molar-refractivity contribution < 1.29 is 13.2 Å². The summed E-state index contributed by atoms with van der Waals surface area (Å²) in [6.07, 6.45) is -0.0780. The van der Waals surface area contributed by atoms with Gasteiger partial charge in [0, 0.05) is 18.6 Å². The first-order valence-electron chi connectivity index (χ1n) is 8.73. The fraction of sp³-hybridized carbons (Fsp3) is 0.316. The molecule has 0 aliphatic carbocycles. The van der Waals surface area contributed by atoms with Gasteiger partial charge in [-0.1, -0.05) is 23.7 Å². The molecule has 0 aromatic heterocycles. The van der Waals surface area contributed by atoms with Crippen molar-refractivity contribution in [2.24, 2.45) is 4.99 Å². The molecule has 1 unspecified atom stereocenters. The fourth-order valence-electron chi connectivity index (χ4n) is 2.34. The van der Waals surface area contributed by atoms with Crippen molar-refractivity contribution in [1.29, 1.82) is 0 Å². The summed E-state index contributed by atoms with van der Waals surface area (Å²) < 4.78 is 31.6. The number of aliphatic imine (C=N–C) groups is 1. The minimum atomic E-state index is -3.43. The SMILES string of the molecule is CN=C(NCc1ccc(S(=O)(=O)NC)cc1)NCC(C)Oc1ccc(Cl)cc1.I. The van der Waals surface area contributed by atoms with Crippen LogP contribution in [-0.2, 0) is 16.6 Å². The van der Waals surface area contributed by atoms with Gasteiger partial charge in [0.2, 0.25) is 10.0 Å². The quantitative estimate of drug-likeness (QED) is 0.266. The molecule has 0 aliphatic rings. The van der Waals surface area contributed by atoms with E-state index in [1.165, 1.54) is 7.05 Å². The lowest BCUT2D eigenvalue weighted by Gasteiger charge is -2.18. The van der Waals surface area contributed by atoms with E-state index in [1.54, 1.807) is 43.4 Å². The lowest BCUT2D eigenvalue weighted by molar-refractivity contribution is 0.224. The largest absolute Gasteiger partial charge is 0.489 e. The topological polar surface area (TPSA) is 91.8 Å².